The van der Waals surface area contributed by atoms with Crippen LogP contribution in [0.15, 0.2) is 0 Å². The first-order valence-corrected chi connectivity index (χ1v) is 4.92. The summed E-state index contributed by atoms with van der Waals surface area (Å²) in [4.78, 5) is 22.3. The lowest BCUT2D eigenvalue weighted by molar-refractivity contribution is -0.154. The zero-order valence-electron chi connectivity index (χ0n) is 9.50. The molecule has 0 saturated carbocycles. The SMILES string of the molecule is CCOC(=O)CC(=O)C(C)C(C)(O)C(F)F. The van der Waals surface area contributed by atoms with Crippen molar-refractivity contribution in [2.45, 2.75) is 39.2 Å². The van der Waals surface area contributed by atoms with Crippen LogP contribution in [0.25, 0.3) is 0 Å². The Morgan fingerprint density at radius 2 is 1.94 bits per heavy atom. The molecule has 4 nitrogen and oxygen atoms in total. The highest BCUT2D eigenvalue weighted by Gasteiger charge is 2.42. The molecule has 0 aromatic rings. The van der Waals surface area contributed by atoms with Crippen molar-refractivity contribution in [3.8, 4) is 0 Å². The zero-order valence-corrected chi connectivity index (χ0v) is 9.50. The molecule has 16 heavy (non-hydrogen) atoms. The van der Waals surface area contributed by atoms with Crippen molar-refractivity contribution in [1.82, 2.24) is 0 Å². The van der Waals surface area contributed by atoms with Crippen LogP contribution in [-0.4, -0.2) is 35.5 Å². The lowest BCUT2D eigenvalue weighted by atomic mass is 9.86. The molecule has 0 aliphatic carbocycles. The highest BCUT2D eigenvalue weighted by molar-refractivity contribution is 5.97. The van der Waals surface area contributed by atoms with Gasteiger partial charge in [-0.3, -0.25) is 9.59 Å². The summed E-state index contributed by atoms with van der Waals surface area (Å²) in [5.41, 5.74) is -2.43. The van der Waals surface area contributed by atoms with E-state index in [-0.39, 0.29) is 6.61 Å². The van der Waals surface area contributed by atoms with Gasteiger partial charge in [-0.1, -0.05) is 6.92 Å². The number of Topliss-reactive ketones (excluding diaryl/α,β-unsaturated/α-hetero) is 1. The van der Waals surface area contributed by atoms with Crippen LogP contribution >= 0.6 is 0 Å². The van der Waals surface area contributed by atoms with Gasteiger partial charge in [-0.05, 0) is 13.8 Å². The fourth-order valence-corrected chi connectivity index (χ4v) is 1.02. The monoisotopic (exact) mass is 238 g/mol. The molecule has 0 rings (SSSR count). The van der Waals surface area contributed by atoms with Gasteiger partial charge in [0.2, 0.25) is 0 Å². The van der Waals surface area contributed by atoms with Crippen LogP contribution < -0.4 is 0 Å². The first-order valence-electron chi connectivity index (χ1n) is 4.92. The van der Waals surface area contributed by atoms with Crippen molar-refractivity contribution in [3.05, 3.63) is 0 Å². The van der Waals surface area contributed by atoms with Crippen molar-refractivity contribution >= 4 is 11.8 Å². The molecule has 0 bridgehead atoms. The molecule has 2 atom stereocenters. The van der Waals surface area contributed by atoms with Gasteiger partial charge in [0.1, 0.15) is 17.8 Å². The number of hydrogen-bond donors (Lipinski definition) is 1. The number of esters is 1. The Kier molecular flexibility index (Phi) is 5.50. The minimum absolute atomic E-state index is 0.117. The third-order valence-electron chi connectivity index (χ3n) is 2.43. The zero-order chi connectivity index (χ0) is 12.9. The van der Waals surface area contributed by atoms with Gasteiger partial charge < -0.3 is 9.84 Å². The molecule has 6 heteroatoms. The summed E-state index contributed by atoms with van der Waals surface area (Å²) in [5.74, 6) is -2.86. The van der Waals surface area contributed by atoms with Gasteiger partial charge in [-0.15, -0.1) is 0 Å². The molecule has 0 heterocycles. The highest BCUT2D eigenvalue weighted by Crippen LogP contribution is 2.26. The topological polar surface area (TPSA) is 63.6 Å². The Balaban J connectivity index is 4.45. The third-order valence-corrected chi connectivity index (χ3v) is 2.43. The van der Waals surface area contributed by atoms with Crippen LogP contribution in [0.1, 0.15) is 27.2 Å². The van der Waals surface area contributed by atoms with Crippen molar-refractivity contribution in [3.63, 3.8) is 0 Å². The van der Waals surface area contributed by atoms with E-state index in [2.05, 4.69) is 4.74 Å². The summed E-state index contributed by atoms with van der Waals surface area (Å²) in [6.45, 7) is 3.71. The molecule has 0 aliphatic heterocycles. The van der Waals surface area contributed by atoms with Crippen LogP contribution in [0.4, 0.5) is 8.78 Å². The lowest BCUT2D eigenvalue weighted by Crippen LogP contribution is -2.44. The average Bonchev–Trinajstić information content (AvgIpc) is 2.16. The van der Waals surface area contributed by atoms with Gasteiger partial charge >= 0.3 is 5.97 Å². The van der Waals surface area contributed by atoms with E-state index in [1.165, 1.54) is 0 Å². The predicted octanol–water partition coefficient (Wildman–Crippen LogP) is 1.16. The third kappa shape index (κ3) is 3.84. The molecule has 0 radical (unpaired) electrons. The van der Waals surface area contributed by atoms with Crippen LogP contribution in [-0.2, 0) is 14.3 Å². The minimum atomic E-state index is -3.05. The van der Waals surface area contributed by atoms with E-state index in [0.717, 1.165) is 13.8 Å². The van der Waals surface area contributed by atoms with E-state index < -0.39 is 36.1 Å². The van der Waals surface area contributed by atoms with Gasteiger partial charge in [0.15, 0.2) is 0 Å². The minimum Gasteiger partial charge on any atom is -0.466 e. The molecule has 0 aromatic heterocycles. The van der Waals surface area contributed by atoms with E-state index in [9.17, 15) is 23.5 Å². The number of carbonyl (C=O) groups excluding carboxylic acids is 2. The number of alkyl halides is 2. The van der Waals surface area contributed by atoms with Gasteiger partial charge in [-0.2, -0.15) is 0 Å². The van der Waals surface area contributed by atoms with E-state index in [1.807, 2.05) is 0 Å². The Morgan fingerprint density at radius 1 is 1.44 bits per heavy atom. The fourth-order valence-electron chi connectivity index (χ4n) is 1.02. The summed E-state index contributed by atoms with van der Waals surface area (Å²) in [6, 6.07) is 0. The molecule has 0 saturated heterocycles. The van der Waals surface area contributed by atoms with E-state index >= 15 is 0 Å². The van der Waals surface area contributed by atoms with E-state index in [1.54, 1.807) is 6.92 Å². The molecule has 0 fully saturated rings. The van der Waals surface area contributed by atoms with Crippen LogP contribution in [0.2, 0.25) is 0 Å². The molecular weight excluding hydrogens is 222 g/mol. The van der Waals surface area contributed by atoms with Crippen LogP contribution in [0.5, 0.6) is 0 Å². The largest absolute Gasteiger partial charge is 0.466 e. The Labute approximate surface area is 92.6 Å². The normalized spacial score (nSPS) is 16.7. The quantitative estimate of drug-likeness (QED) is 0.557. The molecule has 94 valence electrons. The van der Waals surface area contributed by atoms with Gasteiger partial charge in [0.05, 0.1) is 6.61 Å². The first-order chi connectivity index (χ1) is 7.23. The first kappa shape index (κ1) is 15.0. The Morgan fingerprint density at radius 3 is 2.31 bits per heavy atom. The second-order valence-electron chi connectivity index (χ2n) is 3.70. The highest BCUT2D eigenvalue weighted by atomic mass is 19.3. The smallest absolute Gasteiger partial charge is 0.313 e. The number of ether oxygens (including phenoxy) is 1. The van der Waals surface area contributed by atoms with E-state index in [4.69, 9.17) is 0 Å². The summed E-state index contributed by atoms with van der Waals surface area (Å²) in [7, 11) is 0. The maximum Gasteiger partial charge on any atom is 0.313 e. The fraction of sp³-hybridized carbons (Fsp3) is 0.800. The van der Waals surface area contributed by atoms with Crippen molar-refractivity contribution in [1.29, 1.82) is 0 Å². The molecule has 0 spiro atoms. The molecule has 0 aromatic carbocycles. The molecule has 1 N–H and O–H groups in total. The van der Waals surface area contributed by atoms with Gasteiger partial charge in [0.25, 0.3) is 6.43 Å². The summed E-state index contributed by atoms with van der Waals surface area (Å²) in [5, 5.41) is 9.35. The Bertz CT molecular complexity index is 264. The number of aliphatic hydroxyl groups is 1. The molecular formula is C10H16F2O4. The summed E-state index contributed by atoms with van der Waals surface area (Å²) < 4.78 is 29.3. The van der Waals surface area contributed by atoms with Gasteiger partial charge in [-0.25, -0.2) is 8.78 Å². The summed E-state index contributed by atoms with van der Waals surface area (Å²) in [6.07, 6.45) is -3.65. The lowest BCUT2D eigenvalue weighted by Gasteiger charge is -2.27. The van der Waals surface area contributed by atoms with E-state index in [0.29, 0.717) is 0 Å². The van der Waals surface area contributed by atoms with Crippen molar-refractivity contribution < 1.29 is 28.2 Å². The number of carbonyl (C=O) groups is 2. The predicted molar refractivity (Wildman–Crippen MR) is 52.0 cm³/mol. The maximum atomic E-state index is 12.4. The standard InChI is InChI=1S/C10H16F2O4/c1-4-16-8(14)5-7(13)6(2)10(3,15)9(11)12/h6,9,15H,4-5H2,1-3H3. The molecule has 0 amide bonds. The summed E-state index contributed by atoms with van der Waals surface area (Å²) >= 11 is 0. The molecule has 0 aliphatic rings. The number of ketones is 1. The number of hydrogen-bond acceptors (Lipinski definition) is 4. The number of halogens is 2. The maximum absolute atomic E-state index is 12.4. The van der Waals surface area contributed by atoms with Gasteiger partial charge in [0, 0.05) is 5.92 Å². The second-order valence-corrected chi connectivity index (χ2v) is 3.70. The number of rotatable bonds is 6. The average molecular weight is 238 g/mol. The van der Waals surface area contributed by atoms with Crippen LogP contribution in [0.3, 0.4) is 0 Å². The van der Waals surface area contributed by atoms with Crippen LogP contribution in [0, 0.1) is 5.92 Å². The van der Waals surface area contributed by atoms with Crippen molar-refractivity contribution in [2.75, 3.05) is 6.61 Å². The second kappa shape index (κ2) is 5.89. The van der Waals surface area contributed by atoms with Crippen molar-refractivity contribution in [2.24, 2.45) is 5.92 Å². The Hall–Kier alpha value is -1.04. The molecule has 2 unspecified atom stereocenters.